The molecule has 1 saturated heterocycles. The number of imidazole rings is 1. The van der Waals surface area contributed by atoms with Crippen molar-refractivity contribution < 1.29 is 4.79 Å². The number of aromatic amines is 1. The lowest BCUT2D eigenvalue weighted by atomic mass is 9.96. The van der Waals surface area contributed by atoms with Crippen LogP contribution in [0.3, 0.4) is 0 Å². The lowest BCUT2D eigenvalue weighted by Gasteiger charge is -2.32. The predicted octanol–water partition coefficient (Wildman–Crippen LogP) is 2.56. The average molecular weight is 373 g/mol. The highest BCUT2D eigenvalue weighted by Gasteiger charge is 2.28. The number of nitrogens with one attached hydrogen (secondary N) is 1. The number of tetrazole rings is 1. The number of amides is 1. The number of likely N-dealkylation sites (tertiary alicyclic amines) is 1. The first-order chi connectivity index (χ1) is 13.8. The Kier molecular flexibility index (Phi) is 4.08. The zero-order chi connectivity index (χ0) is 18.9. The molecule has 5 rings (SSSR count). The molecule has 1 unspecified atom stereocenters. The van der Waals surface area contributed by atoms with Crippen LogP contribution in [0.1, 0.15) is 34.9 Å². The summed E-state index contributed by atoms with van der Waals surface area (Å²) < 4.78 is 1.52. The molecule has 4 aromatic rings. The number of rotatable bonds is 3. The summed E-state index contributed by atoms with van der Waals surface area (Å²) in [6.07, 6.45) is 3.46. The SMILES string of the molecule is O=C(c1ccccc1-n1cnnn1)N1CCCC(c2nc3ccccc3[nH]2)C1. The van der Waals surface area contributed by atoms with Crippen molar-refractivity contribution in [3.8, 4) is 5.69 Å². The molecule has 3 heterocycles. The summed E-state index contributed by atoms with van der Waals surface area (Å²) in [5.41, 5.74) is 3.28. The van der Waals surface area contributed by atoms with E-state index in [-0.39, 0.29) is 11.8 Å². The zero-order valence-corrected chi connectivity index (χ0v) is 15.2. The van der Waals surface area contributed by atoms with Crippen LogP contribution >= 0.6 is 0 Å². The minimum atomic E-state index is -0.00749. The summed E-state index contributed by atoms with van der Waals surface area (Å²) in [5.74, 6) is 1.14. The first-order valence-electron chi connectivity index (χ1n) is 9.36. The third kappa shape index (κ3) is 2.92. The van der Waals surface area contributed by atoms with Gasteiger partial charge in [-0.2, -0.15) is 4.68 Å². The van der Waals surface area contributed by atoms with Crippen LogP contribution in [0.4, 0.5) is 0 Å². The van der Waals surface area contributed by atoms with E-state index in [9.17, 15) is 4.79 Å². The van der Waals surface area contributed by atoms with Gasteiger partial charge < -0.3 is 9.88 Å². The van der Waals surface area contributed by atoms with E-state index in [0.717, 1.165) is 36.2 Å². The molecule has 28 heavy (non-hydrogen) atoms. The Labute approximate surface area is 161 Å². The monoisotopic (exact) mass is 373 g/mol. The van der Waals surface area contributed by atoms with Crippen molar-refractivity contribution in [1.29, 1.82) is 0 Å². The van der Waals surface area contributed by atoms with Crippen LogP contribution in [0.25, 0.3) is 16.7 Å². The van der Waals surface area contributed by atoms with Gasteiger partial charge in [0.2, 0.25) is 0 Å². The van der Waals surface area contributed by atoms with E-state index in [1.807, 2.05) is 53.4 Å². The minimum absolute atomic E-state index is 0.00749. The summed E-state index contributed by atoms with van der Waals surface area (Å²) in [5, 5.41) is 11.3. The minimum Gasteiger partial charge on any atom is -0.342 e. The lowest BCUT2D eigenvalue weighted by Crippen LogP contribution is -2.39. The van der Waals surface area contributed by atoms with E-state index in [4.69, 9.17) is 4.98 Å². The van der Waals surface area contributed by atoms with Crippen LogP contribution in [-0.2, 0) is 0 Å². The highest BCUT2D eigenvalue weighted by atomic mass is 16.2. The first kappa shape index (κ1) is 16.6. The topological polar surface area (TPSA) is 92.6 Å². The fraction of sp³-hybridized carbons (Fsp3) is 0.250. The van der Waals surface area contributed by atoms with E-state index in [0.29, 0.717) is 17.8 Å². The number of carbonyl (C=O) groups is 1. The van der Waals surface area contributed by atoms with Crippen molar-refractivity contribution in [3.05, 3.63) is 66.2 Å². The Morgan fingerprint density at radius 3 is 2.82 bits per heavy atom. The molecule has 1 fully saturated rings. The van der Waals surface area contributed by atoms with E-state index in [1.165, 1.54) is 11.0 Å². The summed E-state index contributed by atoms with van der Waals surface area (Å²) in [6, 6.07) is 15.4. The van der Waals surface area contributed by atoms with Gasteiger partial charge >= 0.3 is 0 Å². The maximum absolute atomic E-state index is 13.3. The van der Waals surface area contributed by atoms with E-state index < -0.39 is 0 Å². The normalized spacial score (nSPS) is 17.1. The van der Waals surface area contributed by atoms with Crippen molar-refractivity contribution >= 4 is 16.9 Å². The van der Waals surface area contributed by atoms with Gasteiger partial charge in [0.05, 0.1) is 22.3 Å². The van der Waals surface area contributed by atoms with Gasteiger partial charge in [-0.25, -0.2) is 4.98 Å². The third-order valence-electron chi connectivity index (χ3n) is 5.23. The molecular formula is C20H19N7O. The van der Waals surface area contributed by atoms with Crippen LogP contribution in [0.2, 0.25) is 0 Å². The van der Waals surface area contributed by atoms with Gasteiger partial charge in [0, 0.05) is 19.0 Å². The van der Waals surface area contributed by atoms with Gasteiger partial charge in [-0.1, -0.05) is 24.3 Å². The Morgan fingerprint density at radius 1 is 1.11 bits per heavy atom. The summed E-state index contributed by atoms with van der Waals surface area (Å²) in [7, 11) is 0. The lowest BCUT2D eigenvalue weighted by molar-refractivity contribution is 0.0704. The Balaban J connectivity index is 1.42. The number of hydrogen-bond acceptors (Lipinski definition) is 5. The average Bonchev–Trinajstić information content (AvgIpc) is 3.43. The Morgan fingerprint density at radius 2 is 1.96 bits per heavy atom. The van der Waals surface area contributed by atoms with Crippen LogP contribution in [-0.4, -0.2) is 54.1 Å². The van der Waals surface area contributed by atoms with Crippen molar-refractivity contribution in [3.63, 3.8) is 0 Å². The molecule has 1 aliphatic rings. The van der Waals surface area contributed by atoms with Gasteiger partial charge in [0.25, 0.3) is 5.91 Å². The molecule has 1 atom stereocenters. The maximum atomic E-state index is 13.3. The number of nitrogens with zero attached hydrogens (tertiary/aromatic N) is 6. The number of fused-ring (bicyclic) bond motifs is 1. The number of para-hydroxylation sites is 3. The Hall–Kier alpha value is -3.55. The molecule has 8 heteroatoms. The van der Waals surface area contributed by atoms with Crippen molar-refractivity contribution in [2.75, 3.05) is 13.1 Å². The Bertz CT molecular complexity index is 1090. The molecule has 0 radical (unpaired) electrons. The molecule has 1 N–H and O–H groups in total. The number of hydrogen-bond donors (Lipinski definition) is 1. The van der Waals surface area contributed by atoms with Gasteiger partial charge in [0.15, 0.2) is 0 Å². The molecular weight excluding hydrogens is 354 g/mol. The van der Waals surface area contributed by atoms with Crippen molar-refractivity contribution in [2.24, 2.45) is 0 Å². The van der Waals surface area contributed by atoms with Crippen LogP contribution < -0.4 is 0 Å². The quantitative estimate of drug-likeness (QED) is 0.596. The highest BCUT2D eigenvalue weighted by molar-refractivity contribution is 5.97. The highest BCUT2D eigenvalue weighted by Crippen LogP contribution is 2.28. The molecule has 2 aromatic heterocycles. The summed E-state index contributed by atoms with van der Waals surface area (Å²) in [6.45, 7) is 1.38. The molecule has 1 aliphatic heterocycles. The van der Waals surface area contributed by atoms with E-state index in [2.05, 4.69) is 20.5 Å². The fourth-order valence-corrected chi connectivity index (χ4v) is 3.85. The van der Waals surface area contributed by atoms with Crippen molar-refractivity contribution in [2.45, 2.75) is 18.8 Å². The molecule has 1 amide bonds. The van der Waals surface area contributed by atoms with Crippen LogP contribution in [0.15, 0.2) is 54.9 Å². The first-order valence-corrected chi connectivity index (χ1v) is 9.36. The van der Waals surface area contributed by atoms with Gasteiger partial charge in [0.1, 0.15) is 12.2 Å². The van der Waals surface area contributed by atoms with Crippen molar-refractivity contribution in [1.82, 2.24) is 35.1 Å². The van der Waals surface area contributed by atoms with Crippen LogP contribution in [0.5, 0.6) is 0 Å². The zero-order valence-electron chi connectivity index (χ0n) is 15.2. The number of aromatic nitrogens is 6. The largest absolute Gasteiger partial charge is 0.342 e. The third-order valence-corrected chi connectivity index (χ3v) is 5.23. The second kappa shape index (κ2) is 6.88. The molecule has 0 saturated carbocycles. The smallest absolute Gasteiger partial charge is 0.256 e. The van der Waals surface area contributed by atoms with E-state index >= 15 is 0 Å². The summed E-state index contributed by atoms with van der Waals surface area (Å²) >= 11 is 0. The van der Waals surface area contributed by atoms with Gasteiger partial charge in [-0.15, -0.1) is 5.10 Å². The summed E-state index contributed by atoms with van der Waals surface area (Å²) in [4.78, 5) is 23.3. The van der Waals surface area contributed by atoms with E-state index in [1.54, 1.807) is 0 Å². The molecule has 140 valence electrons. The van der Waals surface area contributed by atoms with Gasteiger partial charge in [-0.05, 0) is 47.5 Å². The predicted molar refractivity (Wildman–Crippen MR) is 103 cm³/mol. The molecule has 0 aliphatic carbocycles. The fourth-order valence-electron chi connectivity index (χ4n) is 3.85. The number of benzene rings is 2. The number of piperidine rings is 1. The molecule has 2 aromatic carbocycles. The second-order valence-corrected chi connectivity index (χ2v) is 7.00. The van der Waals surface area contributed by atoms with Crippen LogP contribution in [0, 0.1) is 0 Å². The maximum Gasteiger partial charge on any atom is 0.256 e. The number of carbonyl (C=O) groups excluding carboxylic acids is 1. The standard InChI is InChI=1S/C20H19N7O/c28-20(15-7-1-4-10-18(15)27-13-21-24-25-27)26-11-5-6-14(12-26)19-22-16-8-2-3-9-17(16)23-19/h1-4,7-10,13-14H,5-6,11-12H2,(H,22,23). The number of H-pyrrole nitrogens is 1. The van der Waals surface area contributed by atoms with Gasteiger partial charge in [-0.3, -0.25) is 4.79 Å². The molecule has 0 spiro atoms. The molecule has 8 nitrogen and oxygen atoms in total. The second-order valence-electron chi connectivity index (χ2n) is 7.00. The molecule has 0 bridgehead atoms.